The van der Waals surface area contributed by atoms with Crippen molar-refractivity contribution in [1.29, 1.82) is 0 Å². The second-order valence-electron chi connectivity index (χ2n) is 5.60. The molecule has 0 aliphatic carbocycles. The van der Waals surface area contributed by atoms with Crippen molar-refractivity contribution in [3.8, 4) is 22.8 Å². The highest BCUT2D eigenvalue weighted by Gasteiger charge is 2.10. The van der Waals surface area contributed by atoms with Crippen LogP contribution in [0.2, 0.25) is 5.02 Å². The summed E-state index contributed by atoms with van der Waals surface area (Å²) in [5.74, 6) is 0.577. The topological polar surface area (TPSA) is 38.7 Å². The van der Waals surface area contributed by atoms with E-state index >= 15 is 0 Å². The Bertz CT molecular complexity index is 1030. The van der Waals surface area contributed by atoms with Crippen LogP contribution in [0.3, 0.4) is 0 Å². The maximum atomic E-state index is 6.26. The molecule has 4 aromatic rings. The number of hydrogen-bond acceptors (Lipinski definition) is 3. The lowest BCUT2D eigenvalue weighted by molar-refractivity contribution is 1.17. The molecule has 0 spiro atoms. The van der Waals surface area contributed by atoms with Gasteiger partial charge in [-0.15, -0.1) is 0 Å². The third kappa shape index (κ3) is 2.63. The second-order valence-corrected chi connectivity index (χ2v) is 6.01. The zero-order valence-corrected chi connectivity index (χ0v) is 13.8. The third-order valence-electron chi connectivity index (χ3n) is 3.93. The number of aryl methyl sites for hydroxylation is 1. The molecule has 0 saturated carbocycles. The number of hydrogen-bond donors (Lipinski definition) is 0. The first-order chi connectivity index (χ1) is 11.7. The SMILES string of the molecule is Cc1ccc(-c2ncc3cccc(Cl)c3n2)nc1-c1ccccc1. The third-order valence-corrected chi connectivity index (χ3v) is 4.24. The maximum absolute atomic E-state index is 6.26. The van der Waals surface area contributed by atoms with E-state index in [4.69, 9.17) is 16.6 Å². The standard InChI is InChI=1S/C20H14ClN3/c1-13-10-11-17(23-18(13)14-6-3-2-4-7-14)20-22-12-15-8-5-9-16(21)19(15)24-20/h2-12H,1H3. The van der Waals surface area contributed by atoms with E-state index in [-0.39, 0.29) is 0 Å². The van der Waals surface area contributed by atoms with E-state index in [0.29, 0.717) is 10.8 Å². The lowest BCUT2D eigenvalue weighted by Crippen LogP contribution is -1.96. The smallest absolute Gasteiger partial charge is 0.178 e. The first kappa shape index (κ1) is 14.8. The largest absolute Gasteiger partial charge is 0.244 e. The number of benzene rings is 2. The van der Waals surface area contributed by atoms with Crippen LogP contribution in [0.5, 0.6) is 0 Å². The zero-order chi connectivity index (χ0) is 16.5. The van der Waals surface area contributed by atoms with Crippen LogP contribution < -0.4 is 0 Å². The van der Waals surface area contributed by atoms with Gasteiger partial charge in [0.05, 0.1) is 16.2 Å². The van der Waals surface area contributed by atoms with Crippen molar-refractivity contribution in [2.75, 3.05) is 0 Å². The van der Waals surface area contributed by atoms with E-state index < -0.39 is 0 Å². The van der Waals surface area contributed by atoms with E-state index in [2.05, 4.69) is 29.0 Å². The van der Waals surface area contributed by atoms with E-state index in [0.717, 1.165) is 33.4 Å². The fourth-order valence-electron chi connectivity index (χ4n) is 2.68. The molecule has 3 nitrogen and oxygen atoms in total. The van der Waals surface area contributed by atoms with Crippen molar-refractivity contribution < 1.29 is 0 Å². The summed E-state index contributed by atoms with van der Waals surface area (Å²) >= 11 is 6.26. The summed E-state index contributed by atoms with van der Waals surface area (Å²) < 4.78 is 0. The highest BCUT2D eigenvalue weighted by Crippen LogP contribution is 2.26. The Morgan fingerprint density at radius 3 is 2.50 bits per heavy atom. The monoisotopic (exact) mass is 331 g/mol. The van der Waals surface area contributed by atoms with Crippen molar-refractivity contribution in [1.82, 2.24) is 15.0 Å². The molecule has 0 radical (unpaired) electrons. The van der Waals surface area contributed by atoms with Crippen molar-refractivity contribution in [2.45, 2.75) is 6.92 Å². The summed E-state index contributed by atoms with van der Waals surface area (Å²) in [6.45, 7) is 2.05. The predicted molar refractivity (Wildman–Crippen MR) is 98.0 cm³/mol. The first-order valence-corrected chi connectivity index (χ1v) is 8.05. The number of fused-ring (bicyclic) bond motifs is 1. The summed E-state index contributed by atoms with van der Waals surface area (Å²) in [6, 6.07) is 19.8. The first-order valence-electron chi connectivity index (χ1n) is 7.67. The number of rotatable bonds is 2. The van der Waals surface area contributed by atoms with Gasteiger partial charge in [0.2, 0.25) is 0 Å². The molecule has 0 amide bonds. The molecule has 0 aliphatic rings. The highest BCUT2D eigenvalue weighted by atomic mass is 35.5. The molecule has 2 aromatic carbocycles. The van der Waals surface area contributed by atoms with Gasteiger partial charge >= 0.3 is 0 Å². The molecule has 0 saturated heterocycles. The molecular formula is C20H14ClN3. The minimum atomic E-state index is 0.577. The van der Waals surface area contributed by atoms with E-state index in [1.807, 2.05) is 48.5 Å². The van der Waals surface area contributed by atoms with Crippen LogP contribution in [-0.4, -0.2) is 15.0 Å². The Morgan fingerprint density at radius 1 is 0.833 bits per heavy atom. The van der Waals surface area contributed by atoms with Gasteiger partial charge in [0, 0.05) is 17.1 Å². The van der Waals surface area contributed by atoms with Crippen LogP contribution in [0.25, 0.3) is 33.7 Å². The van der Waals surface area contributed by atoms with Gasteiger partial charge in [-0.1, -0.05) is 60.1 Å². The van der Waals surface area contributed by atoms with Crippen LogP contribution in [0.15, 0.2) is 66.9 Å². The molecule has 2 heterocycles. The summed E-state index contributed by atoms with van der Waals surface area (Å²) in [7, 11) is 0. The van der Waals surface area contributed by atoms with Gasteiger partial charge in [0.15, 0.2) is 5.82 Å². The van der Waals surface area contributed by atoms with Crippen molar-refractivity contribution >= 4 is 22.5 Å². The summed E-state index contributed by atoms with van der Waals surface area (Å²) in [4.78, 5) is 13.8. The summed E-state index contributed by atoms with van der Waals surface area (Å²) in [5, 5.41) is 1.54. The van der Waals surface area contributed by atoms with Gasteiger partial charge in [-0.05, 0) is 24.6 Å². The van der Waals surface area contributed by atoms with Gasteiger partial charge in [-0.2, -0.15) is 0 Å². The Morgan fingerprint density at radius 2 is 1.67 bits per heavy atom. The average Bonchev–Trinajstić information content (AvgIpc) is 2.63. The molecule has 0 bridgehead atoms. The number of para-hydroxylation sites is 1. The van der Waals surface area contributed by atoms with Crippen molar-refractivity contribution in [3.63, 3.8) is 0 Å². The molecule has 4 rings (SSSR count). The molecular weight excluding hydrogens is 318 g/mol. The molecule has 2 aromatic heterocycles. The van der Waals surface area contributed by atoms with Gasteiger partial charge in [0.25, 0.3) is 0 Å². The highest BCUT2D eigenvalue weighted by molar-refractivity contribution is 6.35. The minimum absolute atomic E-state index is 0.577. The number of nitrogens with zero attached hydrogens (tertiary/aromatic N) is 3. The van der Waals surface area contributed by atoms with Gasteiger partial charge in [-0.25, -0.2) is 15.0 Å². The van der Waals surface area contributed by atoms with Crippen LogP contribution in [0.1, 0.15) is 5.56 Å². The predicted octanol–water partition coefficient (Wildman–Crippen LogP) is 5.32. The molecule has 0 aliphatic heterocycles. The Balaban J connectivity index is 1.87. The molecule has 0 N–H and O–H groups in total. The average molecular weight is 332 g/mol. The van der Waals surface area contributed by atoms with Crippen molar-refractivity contribution in [2.24, 2.45) is 0 Å². The van der Waals surface area contributed by atoms with E-state index in [1.54, 1.807) is 6.20 Å². The lowest BCUT2D eigenvalue weighted by atomic mass is 10.1. The molecule has 116 valence electrons. The maximum Gasteiger partial charge on any atom is 0.178 e. The fraction of sp³-hybridized carbons (Fsp3) is 0.0500. The van der Waals surface area contributed by atoms with Crippen LogP contribution >= 0.6 is 11.6 Å². The molecule has 0 fully saturated rings. The Labute approximate surface area is 145 Å². The van der Waals surface area contributed by atoms with Gasteiger partial charge in [0.1, 0.15) is 5.69 Å². The Kier molecular flexibility index (Phi) is 3.71. The van der Waals surface area contributed by atoms with Crippen molar-refractivity contribution in [3.05, 3.63) is 77.4 Å². The molecule has 0 unspecified atom stereocenters. The quantitative estimate of drug-likeness (QED) is 0.499. The molecule has 4 heteroatoms. The number of halogens is 1. The molecule has 24 heavy (non-hydrogen) atoms. The second kappa shape index (κ2) is 6.02. The van der Waals surface area contributed by atoms with Gasteiger partial charge in [-0.3, -0.25) is 0 Å². The van der Waals surface area contributed by atoms with Crippen LogP contribution in [0, 0.1) is 6.92 Å². The Hall–Kier alpha value is -2.78. The van der Waals surface area contributed by atoms with E-state index in [9.17, 15) is 0 Å². The van der Waals surface area contributed by atoms with Crippen LogP contribution in [0.4, 0.5) is 0 Å². The minimum Gasteiger partial charge on any atom is -0.244 e. The number of aromatic nitrogens is 3. The zero-order valence-electron chi connectivity index (χ0n) is 13.1. The fourth-order valence-corrected chi connectivity index (χ4v) is 2.91. The lowest BCUT2D eigenvalue weighted by Gasteiger charge is -2.08. The van der Waals surface area contributed by atoms with E-state index in [1.165, 1.54) is 0 Å². The van der Waals surface area contributed by atoms with Crippen LogP contribution in [-0.2, 0) is 0 Å². The summed E-state index contributed by atoms with van der Waals surface area (Å²) in [5.41, 5.74) is 4.62. The number of pyridine rings is 1. The normalized spacial score (nSPS) is 10.9. The molecule has 0 atom stereocenters. The van der Waals surface area contributed by atoms with Gasteiger partial charge < -0.3 is 0 Å². The summed E-state index contributed by atoms with van der Waals surface area (Å²) in [6.07, 6.45) is 1.78.